The van der Waals surface area contributed by atoms with Crippen LogP contribution < -0.4 is 0 Å². The zero-order chi connectivity index (χ0) is 9.15. The van der Waals surface area contributed by atoms with Gasteiger partial charge in [-0.15, -0.1) is 0 Å². The molecule has 4 heteroatoms. The fraction of sp³-hybridized carbons (Fsp3) is 0.889. The SMILES string of the molecule is C=NCN1CCC2(CC1)OCCO2. The molecule has 4 nitrogen and oxygen atoms in total. The number of nitrogens with zero attached hydrogens (tertiary/aromatic N) is 2. The van der Waals surface area contributed by atoms with Crippen LogP contribution in [0.25, 0.3) is 0 Å². The topological polar surface area (TPSA) is 34.1 Å². The average molecular weight is 184 g/mol. The van der Waals surface area contributed by atoms with Crippen LogP contribution in [0, 0.1) is 0 Å². The van der Waals surface area contributed by atoms with Crippen molar-refractivity contribution in [2.75, 3.05) is 33.0 Å². The van der Waals surface area contributed by atoms with Gasteiger partial charge in [-0.05, 0) is 6.72 Å². The van der Waals surface area contributed by atoms with Crippen molar-refractivity contribution < 1.29 is 9.47 Å². The van der Waals surface area contributed by atoms with Crippen molar-refractivity contribution >= 4 is 6.72 Å². The van der Waals surface area contributed by atoms with Gasteiger partial charge in [0, 0.05) is 25.9 Å². The highest BCUT2D eigenvalue weighted by atomic mass is 16.7. The van der Waals surface area contributed by atoms with E-state index in [1.165, 1.54) is 0 Å². The highest BCUT2D eigenvalue weighted by Crippen LogP contribution is 2.30. The van der Waals surface area contributed by atoms with E-state index in [0.717, 1.165) is 45.8 Å². The molecule has 1 spiro atoms. The Kier molecular flexibility index (Phi) is 2.62. The average Bonchev–Trinajstić information content (AvgIpc) is 2.59. The van der Waals surface area contributed by atoms with Crippen LogP contribution >= 0.6 is 0 Å². The van der Waals surface area contributed by atoms with Crippen LogP contribution in [0.4, 0.5) is 0 Å². The first kappa shape index (κ1) is 9.12. The van der Waals surface area contributed by atoms with E-state index in [-0.39, 0.29) is 5.79 Å². The van der Waals surface area contributed by atoms with Gasteiger partial charge in [0.2, 0.25) is 0 Å². The third-order valence-electron chi connectivity index (χ3n) is 2.73. The predicted octanol–water partition coefficient (Wildman–Crippen LogP) is 0.483. The number of piperidine rings is 1. The second-order valence-corrected chi connectivity index (χ2v) is 3.59. The van der Waals surface area contributed by atoms with Crippen LogP contribution in [-0.4, -0.2) is 50.4 Å². The molecule has 74 valence electrons. The number of ether oxygens (including phenoxy) is 2. The molecule has 2 rings (SSSR count). The third-order valence-corrected chi connectivity index (χ3v) is 2.73. The lowest BCUT2D eigenvalue weighted by atomic mass is 10.0. The molecule has 0 unspecified atom stereocenters. The zero-order valence-corrected chi connectivity index (χ0v) is 7.87. The number of rotatable bonds is 2. The van der Waals surface area contributed by atoms with E-state index in [2.05, 4.69) is 16.6 Å². The normalized spacial score (nSPS) is 28.0. The lowest BCUT2D eigenvalue weighted by Gasteiger charge is -2.36. The minimum absolute atomic E-state index is 0.252. The lowest BCUT2D eigenvalue weighted by Crippen LogP contribution is -2.45. The maximum absolute atomic E-state index is 5.61. The minimum atomic E-state index is -0.252. The molecule has 2 fully saturated rings. The quantitative estimate of drug-likeness (QED) is 0.585. The summed E-state index contributed by atoms with van der Waals surface area (Å²) < 4.78 is 11.2. The molecule has 0 aromatic carbocycles. The Bertz CT molecular complexity index is 180. The maximum Gasteiger partial charge on any atom is 0.170 e. The number of aliphatic imine (C=N–C) groups is 1. The van der Waals surface area contributed by atoms with Gasteiger partial charge in [0.05, 0.1) is 19.9 Å². The molecule has 0 saturated carbocycles. The molecule has 0 bridgehead atoms. The highest BCUT2D eigenvalue weighted by Gasteiger charge is 2.39. The van der Waals surface area contributed by atoms with Crippen LogP contribution in [0.2, 0.25) is 0 Å². The Morgan fingerprint density at radius 1 is 1.23 bits per heavy atom. The van der Waals surface area contributed by atoms with Crippen molar-refractivity contribution in [3.8, 4) is 0 Å². The first-order chi connectivity index (χ1) is 6.35. The summed E-state index contributed by atoms with van der Waals surface area (Å²) in [5, 5.41) is 0. The van der Waals surface area contributed by atoms with Crippen molar-refractivity contribution in [1.29, 1.82) is 0 Å². The second kappa shape index (κ2) is 3.74. The van der Waals surface area contributed by atoms with Gasteiger partial charge >= 0.3 is 0 Å². The van der Waals surface area contributed by atoms with Crippen LogP contribution in [0.3, 0.4) is 0 Å². The Morgan fingerprint density at radius 3 is 2.38 bits per heavy atom. The summed E-state index contributed by atoms with van der Waals surface area (Å²) in [4.78, 5) is 6.14. The molecule has 0 N–H and O–H groups in total. The van der Waals surface area contributed by atoms with Crippen molar-refractivity contribution in [1.82, 2.24) is 4.90 Å². The van der Waals surface area contributed by atoms with E-state index in [1.807, 2.05) is 0 Å². The van der Waals surface area contributed by atoms with Gasteiger partial charge < -0.3 is 9.47 Å². The molecular formula is C9H16N2O2. The Labute approximate surface area is 78.5 Å². The van der Waals surface area contributed by atoms with Gasteiger partial charge in [-0.3, -0.25) is 9.89 Å². The first-order valence-electron chi connectivity index (χ1n) is 4.77. The van der Waals surface area contributed by atoms with Crippen molar-refractivity contribution in [3.05, 3.63) is 0 Å². The van der Waals surface area contributed by atoms with Crippen LogP contribution in [0.5, 0.6) is 0 Å². The van der Waals surface area contributed by atoms with Gasteiger partial charge in [-0.2, -0.15) is 0 Å². The molecule has 0 radical (unpaired) electrons. The third kappa shape index (κ3) is 1.90. The van der Waals surface area contributed by atoms with Gasteiger partial charge in [0.25, 0.3) is 0 Å². The number of hydrogen-bond donors (Lipinski definition) is 0. The molecule has 0 aliphatic carbocycles. The molecule has 2 aliphatic rings. The maximum atomic E-state index is 5.61. The Balaban J connectivity index is 1.84. The van der Waals surface area contributed by atoms with E-state index in [0.29, 0.717) is 0 Å². The monoisotopic (exact) mass is 184 g/mol. The van der Waals surface area contributed by atoms with Gasteiger partial charge in [-0.1, -0.05) is 0 Å². The Hall–Kier alpha value is -0.450. The van der Waals surface area contributed by atoms with E-state index in [4.69, 9.17) is 9.47 Å². The van der Waals surface area contributed by atoms with E-state index in [9.17, 15) is 0 Å². The summed E-state index contributed by atoms with van der Waals surface area (Å²) in [6, 6.07) is 0. The highest BCUT2D eigenvalue weighted by molar-refractivity contribution is 5.22. The summed E-state index contributed by atoms with van der Waals surface area (Å²) in [5.74, 6) is -0.252. The van der Waals surface area contributed by atoms with Gasteiger partial charge in [0.15, 0.2) is 5.79 Å². The molecule has 2 heterocycles. The van der Waals surface area contributed by atoms with Gasteiger partial charge in [0.1, 0.15) is 0 Å². The summed E-state index contributed by atoms with van der Waals surface area (Å²) in [6.45, 7) is 7.72. The number of hydrogen-bond acceptors (Lipinski definition) is 4. The smallest absolute Gasteiger partial charge is 0.170 e. The van der Waals surface area contributed by atoms with Crippen molar-refractivity contribution in [2.45, 2.75) is 18.6 Å². The van der Waals surface area contributed by atoms with Crippen LogP contribution in [0.1, 0.15) is 12.8 Å². The standard InChI is InChI=1S/C9H16N2O2/c1-10-8-11-4-2-9(3-5-11)12-6-7-13-9/h1-8H2. The molecule has 0 atom stereocenters. The fourth-order valence-corrected chi connectivity index (χ4v) is 1.96. The summed E-state index contributed by atoms with van der Waals surface area (Å²) >= 11 is 0. The molecule has 0 aromatic heterocycles. The van der Waals surface area contributed by atoms with E-state index in [1.54, 1.807) is 0 Å². The zero-order valence-electron chi connectivity index (χ0n) is 7.87. The fourth-order valence-electron chi connectivity index (χ4n) is 1.96. The minimum Gasteiger partial charge on any atom is -0.347 e. The van der Waals surface area contributed by atoms with E-state index < -0.39 is 0 Å². The molecule has 0 amide bonds. The first-order valence-corrected chi connectivity index (χ1v) is 4.77. The summed E-state index contributed by atoms with van der Waals surface area (Å²) in [6.07, 6.45) is 1.92. The van der Waals surface area contributed by atoms with Gasteiger partial charge in [-0.25, -0.2) is 0 Å². The van der Waals surface area contributed by atoms with Crippen molar-refractivity contribution in [2.24, 2.45) is 4.99 Å². The number of likely N-dealkylation sites (tertiary alicyclic amines) is 1. The largest absolute Gasteiger partial charge is 0.347 e. The molecule has 13 heavy (non-hydrogen) atoms. The van der Waals surface area contributed by atoms with Crippen molar-refractivity contribution in [3.63, 3.8) is 0 Å². The van der Waals surface area contributed by atoms with E-state index >= 15 is 0 Å². The predicted molar refractivity (Wildman–Crippen MR) is 49.9 cm³/mol. The van der Waals surface area contributed by atoms with Crippen LogP contribution in [-0.2, 0) is 9.47 Å². The lowest BCUT2D eigenvalue weighted by molar-refractivity contribution is -0.184. The molecule has 2 saturated heterocycles. The summed E-state index contributed by atoms with van der Waals surface area (Å²) in [7, 11) is 0. The molecule has 2 aliphatic heterocycles. The second-order valence-electron chi connectivity index (χ2n) is 3.59. The Morgan fingerprint density at radius 2 is 1.85 bits per heavy atom. The van der Waals surface area contributed by atoms with Crippen LogP contribution in [0.15, 0.2) is 4.99 Å². The molecule has 0 aromatic rings. The summed E-state index contributed by atoms with van der Waals surface area (Å²) in [5.41, 5.74) is 0. The molecular weight excluding hydrogens is 168 g/mol.